The minimum Gasteiger partial charge on any atom is -0.379 e. The first-order valence-electron chi connectivity index (χ1n) is 11.2. The maximum Gasteiger partial charge on any atom is 0.206 e. The third-order valence-electron chi connectivity index (χ3n) is 5.62. The molecule has 1 aromatic heterocycles. The van der Waals surface area contributed by atoms with Crippen molar-refractivity contribution in [3.05, 3.63) is 84.2 Å². The molecule has 2 N–H and O–H groups in total. The Hall–Kier alpha value is -3.27. The summed E-state index contributed by atoms with van der Waals surface area (Å²) in [7, 11) is -1.94. The fraction of sp³-hybridized carbons (Fsp3) is 0.280. The predicted octanol–water partition coefficient (Wildman–Crippen LogP) is 2.93. The molecular formula is C25H29N5O3S. The van der Waals surface area contributed by atoms with Crippen molar-refractivity contribution in [1.82, 2.24) is 15.2 Å². The number of aromatic nitrogens is 1. The number of sulfone groups is 1. The van der Waals surface area contributed by atoms with E-state index in [4.69, 9.17) is 4.74 Å². The molecule has 0 radical (unpaired) electrons. The largest absolute Gasteiger partial charge is 0.379 e. The van der Waals surface area contributed by atoms with Crippen LogP contribution in [0.5, 0.6) is 0 Å². The number of pyridine rings is 1. The predicted molar refractivity (Wildman–Crippen MR) is 132 cm³/mol. The molecule has 9 heteroatoms. The van der Waals surface area contributed by atoms with Crippen LogP contribution in [0.1, 0.15) is 11.1 Å². The molecule has 1 fully saturated rings. The Morgan fingerprint density at radius 2 is 1.74 bits per heavy atom. The lowest BCUT2D eigenvalue weighted by atomic mass is 10.2. The van der Waals surface area contributed by atoms with Crippen molar-refractivity contribution in [3.63, 3.8) is 0 Å². The molecule has 0 bridgehead atoms. The molecule has 0 atom stereocenters. The molecule has 8 nitrogen and oxygen atoms in total. The Bertz CT molecular complexity index is 1210. The summed E-state index contributed by atoms with van der Waals surface area (Å²) in [6.45, 7) is 4.03. The summed E-state index contributed by atoms with van der Waals surface area (Å²) < 4.78 is 32.3. The van der Waals surface area contributed by atoms with Crippen molar-refractivity contribution in [1.29, 1.82) is 0 Å². The summed E-state index contributed by atoms with van der Waals surface area (Å²) in [6.07, 6.45) is 3.40. The van der Waals surface area contributed by atoms with Gasteiger partial charge in [0, 0.05) is 51.3 Å². The van der Waals surface area contributed by atoms with E-state index >= 15 is 0 Å². The molecule has 2 aromatic carbocycles. The highest BCUT2D eigenvalue weighted by molar-refractivity contribution is 7.91. The second-order valence-corrected chi connectivity index (χ2v) is 9.85. The van der Waals surface area contributed by atoms with E-state index in [1.807, 2.05) is 36.4 Å². The number of aliphatic imine (C=N–C) groups is 1. The van der Waals surface area contributed by atoms with Gasteiger partial charge in [0.05, 0.1) is 23.0 Å². The molecule has 0 saturated carbocycles. The number of hydrogen-bond acceptors (Lipinski definition) is 6. The number of hydrogen-bond donors (Lipinski definition) is 2. The number of anilines is 1. The first-order chi connectivity index (χ1) is 16.6. The van der Waals surface area contributed by atoms with Gasteiger partial charge in [-0.05, 0) is 41.5 Å². The lowest BCUT2D eigenvalue weighted by Gasteiger charge is -2.27. The van der Waals surface area contributed by atoms with Crippen LogP contribution < -0.4 is 10.6 Å². The maximum atomic E-state index is 13.4. The zero-order valence-electron chi connectivity index (χ0n) is 19.1. The summed E-state index contributed by atoms with van der Waals surface area (Å²) in [5, 5.41) is 6.42. The SMILES string of the molecule is CN=C(NCc1ccc(S(=O)(=O)c2ccccc2CN2CCOCC2)cc1)Nc1ccncc1. The highest BCUT2D eigenvalue weighted by Crippen LogP contribution is 2.25. The molecule has 1 aliphatic rings. The van der Waals surface area contributed by atoms with Gasteiger partial charge in [-0.2, -0.15) is 0 Å². The van der Waals surface area contributed by atoms with Crippen molar-refractivity contribution in [3.8, 4) is 0 Å². The first kappa shape index (κ1) is 23.9. The van der Waals surface area contributed by atoms with Crippen molar-refractivity contribution in [2.24, 2.45) is 4.99 Å². The average molecular weight is 480 g/mol. The van der Waals surface area contributed by atoms with Crippen LogP contribution in [0.15, 0.2) is 87.8 Å². The van der Waals surface area contributed by atoms with Gasteiger partial charge < -0.3 is 15.4 Å². The van der Waals surface area contributed by atoms with Gasteiger partial charge in [-0.3, -0.25) is 14.9 Å². The molecule has 1 aliphatic heterocycles. The molecule has 0 spiro atoms. The summed E-state index contributed by atoms with van der Waals surface area (Å²) in [5.41, 5.74) is 2.62. The Kier molecular flexibility index (Phi) is 7.89. The summed E-state index contributed by atoms with van der Waals surface area (Å²) in [5.74, 6) is 0.611. The standard InChI is InChI=1S/C25H29N5O3S/c1-26-25(29-22-10-12-27-13-11-22)28-18-20-6-8-23(9-7-20)34(31,32)24-5-3-2-4-21(24)19-30-14-16-33-17-15-30/h2-13H,14-19H2,1H3,(H2,26,27,28,29). The molecule has 3 aromatic rings. The van der Waals surface area contributed by atoms with E-state index in [-0.39, 0.29) is 4.90 Å². The van der Waals surface area contributed by atoms with E-state index in [2.05, 4.69) is 25.5 Å². The van der Waals surface area contributed by atoms with Gasteiger partial charge in [0.15, 0.2) is 5.96 Å². The number of rotatable bonds is 7. The van der Waals surface area contributed by atoms with Gasteiger partial charge >= 0.3 is 0 Å². The maximum absolute atomic E-state index is 13.4. The summed E-state index contributed by atoms with van der Waals surface area (Å²) in [4.78, 5) is 11.1. The molecule has 4 rings (SSSR count). The zero-order valence-corrected chi connectivity index (χ0v) is 20.0. The number of nitrogens with zero attached hydrogens (tertiary/aromatic N) is 3. The first-order valence-corrected chi connectivity index (χ1v) is 12.6. The second kappa shape index (κ2) is 11.2. The number of guanidine groups is 1. The van der Waals surface area contributed by atoms with Crippen LogP contribution in [0.3, 0.4) is 0 Å². The van der Waals surface area contributed by atoms with Crippen molar-refractivity contribution < 1.29 is 13.2 Å². The van der Waals surface area contributed by atoms with Gasteiger partial charge in [0.2, 0.25) is 9.84 Å². The smallest absolute Gasteiger partial charge is 0.206 e. The third kappa shape index (κ3) is 5.99. The van der Waals surface area contributed by atoms with E-state index in [9.17, 15) is 8.42 Å². The topological polar surface area (TPSA) is 95.9 Å². The minimum absolute atomic E-state index is 0.282. The van der Waals surface area contributed by atoms with Gasteiger partial charge in [-0.25, -0.2) is 8.42 Å². The van der Waals surface area contributed by atoms with Crippen LogP contribution >= 0.6 is 0 Å². The molecule has 0 amide bonds. The molecule has 2 heterocycles. The molecular weight excluding hydrogens is 450 g/mol. The van der Waals surface area contributed by atoms with E-state index in [0.29, 0.717) is 37.2 Å². The quantitative estimate of drug-likeness (QED) is 0.397. The van der Waals surface area contributed by atoms with Crippen molar-refractivity contribution >= 4 is 21.5 Å². The van der Waals surface area contributed by atoms with Gasteiger partial charge in [0.1, 0.15) is 0 Å². The normalized spacial score (nSPS) is 15.1. The molecule has 34 heavy (non-hydrogen) atoms. The third-order valence-corrected chi connectivity index (χ3v) is 7.49. The zero-order chi connectivity index (χ0) is 23.8. The Morgan fingerprint density at radius 1 is 1.03 bits per heavy atom. The minimum atomic E-state index is -3.63. The summed E-state index contributed by atoms with van der Waals surface area (Å²) >= 11 is 0. The fourth-order valence-corrected chi connectivity index (χ4v) is 5.23. The number of nitrogens with one attached hydrogen (secondary N) is 2. The van der Waals surface area contributed by atoms with Crippen molar-refractivity contribution in [2.45, 2.75) is 22.9 Å². The summed E-state index contributed by atoms with van der Waals surface area (Å²) in [6, 6.07) is 17.9. The second-order valence-electron chi connectivity index (χ2n) is 7.93. The van der Waals surface area contributed by atoms with E-state index in [0.717, 1.165) is 29.9 Å². The van der Waals surface area contributed by atoms with Gasteiger partial charge in [0.25, 0.3) is 0 Å². The number of ether oxygens (including phenoxy) is 1. The lowest BCUT2D eigenvalue weighted by Crippen LogP contribution is -2.36. The number of morpholine rings is 1. The van der Waals surface area contributed by atoms with Crippen LogP contribution in [0.4, 0.5) is 5.69 Å². The van der Waals surface area contributed by atoms with Crippen LogP contribution in [-0.4, -0.2) is 57.6 Å². The van der Waals surface area contributed by atoms with Gasteiger partial charge in [-0.15, -0.1) is 0 Å². The number of benzene rings is 2. The van der Waals surface area contributed by atoms with Crippen LogP contribution in [-0.2, 0) is 27.7 Å². The van der Waals surface area contributed by atoms with E-state index < -0.39 is 9.84 Å². The fourth-order valence-electron chi connectivity index (χ4n) is 3.75. The molecule has 178 valence electrons. The Balaban J connectivity index is 1.44. The van der Waals surface area contributed by atoms with E-state index in [1.165, 1.54) is 0 Å². The van der Waals surface area contributed by atoms with Crippen LogP contribution in [0.2, 0.25) is 0 Å². The highest BCUT2D eigenvalue weighted by atomic mass is 32.2. The lowest BCUT2D eigenvalue weighted by molar-refractivity contribution is 0.0338. The van der Waals surface area contributed by atoms with Crippen molar-refractivity contribution in [2.75, 3.05) is 38.7 Å². The molecule has 0 unspecified atom stereocenters. The monoisotopic (exact) mass is 479 g/mol. The van der Waals surface area contributed by atoms with Crippen LogP contribution in [0.25, 0.3) is 0 Å². The van der Waals surface area contributed by atoms with Crippen LogP contribution in [0, 0.1) is 0 Å². The van der Waals surface area contributed by atoms with E-state index in [1.54, 1.807) is 43.7 Å². The average Bonchev–Trinajstić information content (AvgIpc) is 2.88. The van der Waals surface area contributed by atoms with Gasteiger partial charge in [-0.1, -0.05) is 30.3 Å². The molecule has 1 saturated heterocycles. The Labute approximate surface area is 200 Å². The highest BCUT2D eigenvalue weighted by Gasteiger charge is 2.22. The Morgan fingerprint density at radius 3 is 2.44 bits per heavy atom. The molecule has 0 aliphatic carbocycles.